The molecule has 1 aliphatic heterocycles. The first-order valence-electron chi connectivity index (χ1n) is 8.50. The fourth-order valence-corrected chi connectivity index (χ4v) is 2.75. The van der Waals surface area contributed by atoms with Crippen molar-refractivity contribution >= 4 is 23.5 Å². The van der Waals surface area contributed by atoms with Crippen molar-refractivity contribution in [1.29, 1.82) is 0 Å². The highest BCUT2D eigenvalue weighted by molar-refractivity contribution is 6.30. The topological polar surface area (TPSA) is 52.7 Å². The Morgan fingerprint density at radius 3 is 2.25 bits per heavy atom. The Morgan fingerprint density at radius 2 is 1.67 bits per heavy atom. The molecule has 1 saturated heterocycles. The Labute approximate surface area is 149 Å². The zero-order valence-corrected chi connectivity index (χ0v) is 15.2. The number of urea groups is 1. The molecule has 0 unspecified atom stereocenters. The lowest BCUT2D eigenvalue weighted by Gasteiger charge is -2.35. The molecule has 1 aromatic carbocycles. The van der Waals surface area contributed by atoms with Gasteiger partial charge >= 0.3 is 6.03 Å². The van der Waals surface area contributed by atoms with E-state index in [0.29, 0.717) is 56.5 Å². The molecule has 6 heteroatoms. The van der Waals surface area contributed by atoms with Gasteiger partial charge in [-0.25, -0.2) is 4.79 Å². The molecule has 1 fully saturated rings. The highest BCUT2D eigenvalue weighted by atomic mass is 35.5. The molecule has 0 radical (unpaired) electrons. The molecule has 0 aliphatic carbocycles. The summed E-state index contributed by atoms with van der Waals surface area (Å²) in [5.74, 6) is 0.580. The van der Waals surface area contributed by atoms with E-state index in [-0.39, 0.29) is 11.9 Å². The molecule has 1 aliphatic rings. The number of aryl methyl sites for hydroxylation is 1. The molecule has 5 nitrogen and oxygen atoms in total. The Bertz CT molecular complexity index is 552. The van der Waals surface area contributed by atoms with Crippen molar-refractivity contribution in [2.45, 2.75) is 26.7 Å². The Kier molecular flexibility index (Phi) is 6.91. The number of halogens is 1. The number of rotatable bonds is 5. The van der Waals surface area contributed by atoms with E-state index in [1.165, 1.54) is 0 Å². The van der Waals surface area contributed by atoms with Crippen molar-refractivity contribution in [2.24, 2.45) is 5.92 Å². The second-order valence-electron chi connectivity index (χ2n) is 6.57. The summed E-state index contributed by atoms with van der Waals surface area (Å²) in [6, 6.07) is 7.56. The van der Waals surface area contributed by atoms with Gasteiger partial charge in [-0.05, 0) is 30.0 Å². The molecule has 24 heavy (non-hydrogen) atoms. The number of hydrogen-bond acceptors (Lipinski definition) is 2. The normalized spacial score (nSPS) is 14.8. The summed E-state index contributed by atoms with van der Waals surface area (Å²) in [7, 11) is 0. The fraction of sp³-hybridized carbons (Fsp3) is 0.556. The number of carbonyl (C=O) groups excluding carboxylic acids is 2. The van der Waals surface area contributed by atoms with Crippen LogP contribution in [0.3, 0.4) is 0 Å². The largest absolute Gasteiger partial charge is 0.339 e. The van der Waals surface area contributed by atoms with E-state index < -0.39 is 0 Å². The van der Waals surface area contributed by atoms with Gasteiger partial charge in [0.1, 0.15) is 0 Å². The molecule has 3 amide bonds. The summed E-state index contributed by atoms with van der Waals surface area (Å²) in [6.45, 7) is 7.21. The molecule has 2 rings (SSSR count). The molecule has 0 spiro atoms. The Balaban J connectivity index is 1.72. The van der Waals surface area contributed by atoms with Crippen LogP contribution in [0.25, 0.3) is 0 Å². The molecule has 0 atom stereocenters. The maximum absolute atomic E-state index is 12.3. The van der Waals surface area contributed by atoms with Crippen molar-refractivity contribution in [3.63, 3.8) is 0 Å². The van der Waals surface area contributed by atoms with Crippen LogP contribution in [0.15, 0.2) is 24.3 Å². The first-order valence-corrected chi connectivity index (χ1v) is 8.88. The quantitative estimate of drug-likeness (QED) is 0.886. The van der Waals surface area contributed by atoms with Crippen LogP contribution in [0.1, 0.15) is 25.8 Å². The van der Waals surface area contributed by atoms with Gasteiger partial charge in [0.25, 0.3) is 0 Å². The van der Waals surface area contributed by atoms with Crippen LogP contribution in [0.5, 0.6) is 0 Å². The Morgan fingerprint density at radius 1 is 1.08 bits per heavy atom. The summed E-state index contributed by atoms with van der Waals surface area (Å²) in [4.78, 5) is 28.0. The molecule has 132 valence electrons. The zero-order valence-electron chi connectivity index (χ0n) is 14.4. The summed E-state index contributed by atoms with van der Waals surface area (Å²) >= 11 is 5.86. The first kappa shape index (κ1) is 18.6. The predicted molar refractivity (Wildman–Crippen MR) is 96.2 cm³/mol. The molecule has 0 aromatic heterocycles. The monoisotopic (exact) mass is 351 g/mol. The molecular formula is C18H26ClN3O2. The minimum absolute atomic E-state index is 0.0306. The van der Waals surface area contributed by atoms with Gasteiger partial charge in [0, 0.05) is 44.2 Å². The third kappa shape index (κ3) is 5.71. The predicted octanol–water partition coefficient (Wildman–Crippen LogP) is 2.78. The summed E-state index contributed by atoms with van der Waals surface area (Å²) < 4.78 is 0. The second kappa shape index (κ2) is 8.92. The van der Waals surface area contributed by atoms with Gasteiger partial charge < -0.3 is 15.1 Å². The van der Waals surface area contributed by atoms with Gasteiger partial charge in [-0.1, -0.05) is 37.6 Å². The van der Waals surface area contributed by atoms with Gasteiger partial charge in [-0.2, -0.15) is 0 Å². The number of benzene rings is 1. The zero-order chi connectivity index (χ0) is 17.5. The average molecular weight is 352 g/mol. The summed E-state index contributed by atoms with van der Waals surface area (Å²) in [5.41, 5.74) is 1.11. The number of nitrogens with zero attached hydrogens (tertiary/aromatic N) is 2. The molecule has 0 bridgehead atoms. The van der Waals surface area contributed by atoms with Gasteiger partial charge in [0.2, 0.25) is 5.91 Å². The standard InChI is InChI=1S/C18H26ClN3O2/c1-14(2)13-20-18(24)22-11-9-21(10-12-22)17(23)8-5-15-3-6-16(19)7-4-15/h3-4,6-7,14H,5,8-13H2,1-2H3,(H,20,24). The lowest BCUT2D eigenvalue weighted by Crippen LogP contribution is -2.53. The average Bonchev–Trinajstić information content (AvgIpc) is 2.59. The van der Waals surface area contributed by atoms with E-state index in [0.717, 1.165) is 5.56 Å². The summed E-state index contributed by atoms with van der Waals surface area (Å²) in [5, 5.41) is 3.63. The molecular weight excluding hydrogens is 326 g/mol. The van der Waals surface area contributed by atoms with E-state index in [1.54, 1.807) is 4.90 Å². The van der Waals surface area contributed by atoms with Crippen molar-refractivity contribution in [3.05, 3.63) is 34.9 Å². The van der Waals surface area contributed by atoms with Crippen molar-refractivity contribution < 1.29 is 9.59 Å². The van der Waals surface area contributed by atoms with Gasteiger partial charge in [0.05, 0.1) is 0 Å². The lowest BCUT2D eigenvalue weighted by molar-refractivity contribution is -0.132. The molecule has 1 heterocycles. The van der Waals surface area contributed by atoms with E-state index >= 15 is 0 Å². The number of amides is 3. The van der Waals surface area contributed by atoms with Gasteiger partial charge in [-0.3, -0.25) is 4.79 Å². The maximum atomic E-state index is 12.3. The second-order valence-corrected chi connectivity index (χ2v) is 7.01. The molecule has 1 aromatic rings. The van der Waals surface area contributed by atoms with Gasteiger partial charge in [-0.15, -0.1) is 0 Å². The smallest absolute Gasteiger partial charge is 0.317 e. The third-order valence-corrected chi connectivity index (χ3v) is 4.37. The van der Waals surface area contributed by atoms with E-state index in [4.69, 9.17) is 11.6 Å². The molecule has 0 saturated carbocycles. The third-order valence-electron chi connectivity index (χ3n) is 4.12. The van der Waals surface area contributed by atoms with Crippen LogP contribution >= 0.6 is 11.6 Å². The minimum atomic E-state index is -0.0306. The highest BCUT2D eigenvalue weighted by Crippen LogP contribution is 2.12. The number of carbonyl (C=O) groups is 2. The number of hydrogen-bond donors (Lipinski definition) is 1. The van der Waals surface area contributed by atoms with Crippen LogP contribution in [0.2, 0.25) is 5.02 Å². The van der Waals surface area contributed by atoms with Gasteiger partial charge in [0.15, 0.2) is 0 Å². The minimum Gasteiger partial charge on any atom is -0.339 e. The van der Waals surface area contributed by atoms with Crippen LogP contribution < -0.4 is 5.32 Å². The van der Waals surface area contributed by atoms with E-state index in [2.05, 4.69) is 19.2 Å². The first-order chi connectivity index (χ1) is 11.5. The fourth-order valence-electron chi connectivity index (χ4n) is 2.62. The van der Waals surface area contributed by atoms with Crippen molar-refractivity contribution in [1.82, 2.24) is 15.1 Å². The number of nitrogens with one attached hydrogen (secondary N) is 1. The van der Waals surface area contributed by atoms with Crippen LogP contribution in [0, 0.1) is 5.92 Å². The SMILES string of the molecule is CC(C)CNC(=O)N1CCN(C(=O)CCc2ccc(Cl)cc2)CC1. The number of piperazine rings is 1. The maximum Gasteiger partial charge on any atom is 0.317 e. The lowest BCUT2D eigenvalue weighted by atomic mass is 10.1. The van der Waals surface area contributed by atoms with Crippen LogP contribution in [-0.4, -0.2) is 54.5 Å². The van der Waals surface area contributed by atoms with Crippen LogP contribution in [-0.2, 0) is 11.2 Å². The van der Waals surface area contributed by atoms with E-state index in [9.17, 15) is 9.59 Å². The van der Waals surface area contributed by atoms with Crippen molar-refractivity contribution in [2.75, 3.05) is 32.7 Å². The van der Waals surface area contributed by atoms with Crippen molar-refractivity contribution in [3.8, 4) is 0 Å². The van der Waals surface area contributed by atoms with E-state index in [1.807, 2.05) is 29.2 Å². The Hall–Kier alpha value is -1.75. The molecule has 1 N–H and O–H groups in total. The summed E-state index contributed by atoms with van der Waals surface area (Å²) in [6.07, 6.45) is 1.20. The highest BCUT2D eigenvalue weighted by Gasteiger charge is 2.23. The van der Waals surface area contributed by atoms with Crippen LogP contribution in [0.4, 0.5) is 4.79 Å².